The third-order valence-electron chi connectivity index (χ3n) is 5.31. The number of alkyl halides is 3. The number of aromatic nitrogens is 2. The minimum atomic E-state index is -4.41. The van der Waals surface area contributed by atoms with E-state index in [2.05, 4.69) is 15.3 Å². The molecule has 1 unspecified atom stereocenters. The van der Waals surface area contributed by atoms with Crippen molar-refractivity contribution in [1.82, 2.24) is 15.3 Å². The molecule has 0 fully saturated rings. The molecule has 0 saturated heterocycles. The largest absolute Gasteiger partial charge is 0.484 e. The van der Waals surface area contributed by atoms with E-state index in [1.54, 1.807) is 30.6 Å². The lowest BCUT2D eigenvalue weighted by Crippen LogP contribution is -2.45. The lowest BCUT2D eigenvalue weighted by molar-refractivity contribution is -0.153. The molecule has 2 heterocycles. The van der Waals surface area contributed by atoms with Gasteiger partial charge in [0.2, 0.25) is 0 Å². The summed E-state index contributed by atoms with van der Waals surface area (Å²) in [6, 6.07) is 12.2. The number of halogens is 3. The summed E-state index contributed by atoms with van der Waals surface area (Å²) in [5.41, 5.74) is 3.18. The Hall–Kier alpha value is -3.42. The lowest BCUT2D eigenvalue weighted by atomic mass is 9.72. The number of ether oxygens (including phenoxy) is 1. The van der Waals surface area contributed by atoms with Crippen molar-refractivity contribution in [3.05, 3.63) is 77.9 Å². The lowest BCUT2D eigenvalue weighted by Gasteiger charge is -2.34. The standard InChI is InChI=1S/C23H19F3N3O2/c1-22(9-15-10-27-14-28-11-15)20-8-17(5-6-18(20)12-29-21(22)30)16-3-2-4-19(7-16)31-13-23(24,25)26/h2-8,10-11,14H,9,12-13H2,1H3. The minimum absolute atomic E-state index is 0.128. The van der Waals surface area contributed by atoms with Gasteiger partial charge in [-0.15, -0.1) is 0 Å². The first-order valence-electron chi connectivity index (χ1n) is 9.64. The number of nitrogens with zero attached hydrogens (tertiary/aromatic N) is 3. The monoisotopic (exact) mass is 426 g/mol. The summed E-state index contributed by atoms with van der Waals surface area (Å²) in [5, 5.41) is 4.18. The van der Waals surface area contributed by atoms with Gasteiger partial charge >= 0.3 is 6.18 Å². The summed E-state index contributed by atoms with van der Waals surface area (Å²) in [6.45, 7) is 0.786. The Kier molecular flexibility index (Phi) is 5.39. The van der Waals surface area contributed by atoms with Crippen LogP contribution in [0.5, 0.6) is 5.75 Å². The van der Waals surface area contributed by atoms with E-state index in [1.807, 2.05) is 25.1 Å². The average Bonchev–Trinajstić information content (AvgIpc) is 2.75. The molecule has 159 valence electrons. The second-order valence-electron chi connectivity index (χ2n) is 7.68. The maximum atomic E-state index is 12.8. The average molecular weight is 426 g/mol. The highest BCUT2D eigenvalue weighted by Crippen LogP contribution is 2.37. The number of carbonyl (C=O) groups excluding carboxylic acids is 1. The Balaban J connectivity index is 1.69. The summed E-state index contributed by atoms with van der Waals surface area (Å²) >= 11 is 0. The molecule has 1 amide bonds. The smallest absolute Gasteiger partial charge is 0.422 e. The molecule has 8 heteroatoms. The molecule has 4 rings (SSSR count). The molecule has 31 heavy (non-hydrogen) atoms. The topological polar surface area (TPSA) is 66.2 Å². The van der Waals surface area contributed by atoms with Gasteiger partial charge in [-0.05, 0) is 59.4 Å². The van der Waals surface area contributed by atoms with Crippen molar-refractivity contribution >= 4 is 5.91 Å². The normalized spacial score (nSPS) is 18.3. The molecule has 0 bridgehead atoms. The SMILES string of the molecule is CC1(Cc2cncnc2)C(=O)[N]Cc2ccc(-c3cccc(OCC(F)(F)F)c3)cc21. The molecule has 1 atom stereocenters. The summed E-state index contributed by atoms with van der Waals surface area (Å²) < 4.78 is 42.3. The number of fused-ring (bicyclic) bond motifs is 1. The zero-order chi connectivity index (χ0) is 22.1. The molecular weight excluding hydrogens is 407 g/mol. The summed E-state index contributed by atoms with van der Waals surface area (Å²) in [5.74, 6) is -0.0916. The maximum absolute atomic E-state index is 12.8. The van der Waals surface area contributed by atoms with Gasteiger partial charge in [0.05, 0.1) is 12.0 Å². The first-order valence-corrected chi connectivity index (χ1v) is 9.64. The molecule has 1 aromatic heterocycles. The molecule has 1 aliphatic heterocycles. The van der Waals surface area contributed by atoms with E-state index in [0.717, 1.165) is 22.3 Å². The van der Waals surface area contributed by atoms with Crippen LogP contribution in [-0.2, 0) is 23.2 Å². The van der Waals surface area contributed by atoms with E-state index in [4.69, 9.17) is 4.74 Å². The van der Waals surface area contributed by atoms with Crippen molar-refractivity contribution in [3.63, 3.8) is 0 Å². The first kappa shape index (κ1) is 20.8. The highest BCUT2D eigenvalue weighted by Gasteiger charge is 2.41. The van der Waals surface area contributed by atoms with Crippen molar-refractivity contribution in [1.29, 1.82) is 0 Å². The van der Waals surface area contributed by atoms with Crippen molar-refractivity contribution in [3.8, 4) is 16.9 Å². The number of rotatable bonds is 5. The predicted molar refractivity (Wildman–Crippen MR) is 107 cm³/mol. The van der Waals surface area contributed by atoms with Crippen LogP contribution >= 0.6 is 0 Å². The van der Waals surface area contributed by atoms with E-state index in [9.17, 15) is 18.0 Å². The zero-order valence-corrected chi connectivity index (χ0v) is 16.7. The van der Waals surface area contributed by atoms with Crippen molar-refractivity contribution in [2.45, 2.75) is 31.5 Å². The number of hydrogen-bond donors (Lipinski definition) is 0. The molecule has 0 N–H and O–H groups in total. The van der Waals surface area contributed by atoms with E-state index < -0.39 is 18.2 Å². The van der Waals surface area contributed by atoms with Crippen molar-refractivity contribution < 1.29 is 22.7 Å². The van der Waals surface area contributed by atoms with Crippen molar-refractivity contribution in [2.75, 3.05) is 6.61 Å². The summed E-state index contributed by atoms with van der Waals surface area (Å²) in [7, 11) is 0. The van der Waals surface area contributed by atoms with Crippen molar-refractivity contribution in [2.24, 2.45) is 0 Å². The maximum Gasteiger partial charge on any atom is 0.422 e. The molecular formula is C23H19F3N3O2. The number of amides is 1. The van der Waals surface area contributed by atoms with Crippen LogP contribution < -0.4 is 10.1 Å². The van der Waals surface area contributed by atoms with Crippen LogP contribution in [0.25, 0.3) is 11.1 Å². The Morgan fingerprint density at radius 3 is 2.55 bits per heavy atom. The van der Waals surface area contributed by atoms with Gasteiger partial charge in [-0.2, -0.15) is 13.2 Å². The molecule has 3 aromatic rings. The van der Waals surface area contributed by atoms with Crippen LogP contribution in [0.2, 0.25) is 0 Å². The fourth-order valence-electron chi connectivity index (χ4n) is 3.79. The Bertz CT molecular complexity index is 1100. The molecule has 0 spiro atoms. The summed E-state index contributed by atoms with van der Waals surface area (Å²) in [4.78, 5) is 20.9. The van der Waals surface area contributed by atoms with Gasteiger partial charge in [0.1, 0.15) is 12.1 Å². The zero-order valence-electron chi connectivity index (χ0n) is 16.7. The second-order valence-corrected chi connectivity index (χ2v) is 7.68. The molecule has 0 saturated carbocycles. The van der Waals surface area contributed by atoms with Gasteiger partial charge in [-0.1, -0.05) is 24.3 Å². The van der Waals surface area contributed by atoms with E-state index in [0.29, 0.717) is 18.5 Å². The number of hydrogen-bond acceptors (Lipinski definition) is 4. The van der Waals surface area contributed by atoms with Gasteiger partial charge in [0.25, 0.3) is 5.91 Å². The van der Waals surface area contributed by atoms with E-state index in [1.165, 1.54) is 12.4 Å². The van der Waals surface area contributed by atoms with Gasteiger partial charge < -0.3 is 4.74 Å². The highest BCUT2D eigenvalue weighted by atomic mass is 19.4. The van der Waals surface area contributed by atoms with Gasteiger partial charge in [0.15, 0.2) is 6.61 Å². The van der Waals surface area contributed by atoms with Crippen LogP contribution in [0.3, 0.4) is 0 Å². The Morgan fingerprint density at radius 1 is 1.06 bits per heavy atom. The molecule has 5 nitrogen and oxygen atoms in total. The summed E-state index contributed by atoms with van der Waals surface area (Å²) in [6.07, 6.45) is 0.755. The fraction of sp³-hybridized carbons (Fsp3) is 0.261. The molecule has 1 radical (unpaired) electrons. The number of carbonyl (C=O) groups is 1. The van der Waals surface area contributed by atoms with Crippen LogP contribution in [0.4, 0.5) is 13.2 Å². The van der Waals surface area contributed by atoms with Gasteiger partial charge in [-0.25, -0.2) is 15.3 Å². The third-order valence-corrected chi connectivity index (χ3v) is 5.31. The molecule has 2 aromatic carbocycles. The molecule has 0 aliphatic carbocycles. The van der Waals surface area contributed by atoms with E-state index in [-0.39, 0.29) is 11.7 Å². The number of benzene rings is 2. The fourth-order valence-corrected chi connectivity index (χ4v) is 3.79. The Labute approximate surface area is 177 Å². The predicted octanol–water partition coefficient (Wildman–Crippen LogP) is 4.23. The quantitative estimate of drug-likeness (QED) is 0.613. The van der Waals surface area contributed by atoms with Gasteiger partial charge in [0, 0.05) is 12.4 Å². The highest BCUT2D eigenvalue weighted by molar-refractivity contribution is 5.90. The van der Waals surface area contributed by atoms with Crippen LogP contribution in [0, 0.1) is 0 Å². The molecule has 1 aliphatic rings. The minimum Gasteiger partial charge on any atom is -0.484 e. The third kappa shape index (κ3) is 4.52. The van der Waals surface area contributed by atoms with Crippen LogP contribution in [0.1, 0.15) is 23.6 Å². The first-order chi connectivity index (χ1) is 14.7. The van der Waals surface area contributed by atoms with Crippen LogP contribution in [0.15, 0.2) is 61.2 Å². The Morgan fingerprint density at radius 2 is 1.81 bits per heavy atom. The van der Waals surface area contributed by atoms with E-state index >= 15 is 0 Å². The van der Waals surface area contributed by atoms with Crippen LogP contribution in [-0.4, -0.2) is 28.7 Å². The van der Waals surface area contributed by atoms with Gasteiger partial charge in [-0.3, -0.25) is 4.79 Å². The second kappa shape index (κ2) is 8.02.